The molecule has 0 radical (unpaired) electrons. The van der Waals surface area contributed by atoms with Crippen molar-refractivity contribution in [2.24, 2.45) is 0 Å². The molecule has 2 N–H and O–H groups in total. The van der Waals surface area contributed by atoms with Crippen molar-refractivity contribution in [3.8, 4) is 0 Å². The van der Waals surface area contributed by atoms with E-state index in [2.05, 4.69) is 10.6 Å². The highest BCUT2D eigenvalue weighted by molar-refractivity contribution is 5.85. The van der Waals surface area contributed by atoms with E-state index in [1.54, 1.807) is 14.1 Å². The van der Waals surface area contributed by atoms with Crippen molar-refractivity contribution in [2.75, 3.05) is 14.1 Å². The van der Waals surface area contributed by atoms with E-state index in [0.717, 1.165) is 0 Å². The zero-order chi connectivity index (χ0) is 7.49. The highest BCUT2D eigenvalue weighted by Gasteiger charge is 2.22. The van der Waals surface area contributed by atoms with Crippen molar-refractivity contribution >= 4 is 18.3 Å². The Hall–Kier alpha value is -0.280. The van der Waals surface area contributed by atoms with E-state index in [1.807, 2.05) is 13.8 Å². The highest BCUT2D eigenvalue weighted by Crippen LogP contribution is 1.98. The van der Waals surface area contributed by atoms with Gasteiger partial charge in [0.05, 0.1) is 5.54 Å². The number of amides is 1. The molecule has 0 unspecified atom stereocenters. The van der Waals surface area contributed by atoms with E-state index in [4.69, 9.17) is 0 Å². The lowest BCUT2D eigenvalue weighted by Crippen LogP contribution is -2.49. The Kier molecular flexibility index (Phi) is 5.61. The van der Waals surface area contributed by atoms with Crippen molar-refractivity contribution in [1.82, 2.24) is 10.6 Å². The van der Waals surface area contributed by atoms with Crippen LogP contribution in [-0.4, -0.2) is 25.5 Å². The molecule has 0 aliphatic rings. The lowest BCUT2D eigenvalue weighted by molar-refractivity contribution is -0.125. The maximum absolute atomic E-state index is 10.9. The van der Waals surface area contributed by atoms with Crippen molar-refractivity contribution in [2.45, 2.75) is 19.4 Å². The van der Waals surface area contributed by atoms with E-state index in [1.165, 1.54) is 0 Å². The second-order valence-electron chi connectivity index (χ2n) is 2.45. The molecular formula is C6H15ClN2O. The predicted molar refractivity (Wildman–Crippen MR) is 44.5 cm³/mol. The largest absolute Gasteiger partial charge is 0.358 e. The van der Waals surface area contributed by atoms with Crippen molar-refractivity contribution in [3.05, 3.63) is 0 Å². The lowest BCUT2D eigenvalue weighted by atomic mass is 10.1. The smallest absolute Gasteiger partial charge is 0.239 e. The van der Waals surface area contributed by atoms with Gasteiger partial charge in [0.15, 0.2) is 0 Å². The van der Waals surface area contributed by atoms with Gasteiger partial charge in [-0.2, -0.15) is 0 Å². The third-order valence-corrected chi connectivity index (χ3v) is 1.42. The summed E-state index contributed by atoms with van der Waals surface area (Å²) in [6.07, 6.45) is 0. The third-order valence-electron chi connectivity index (χ3n) is 1.42. The molecule has 0 spiro atoms. The summed E-state index contributed by atoms with van der Waals surface area (Å²) in [5.41, 5.74) is -0.450. The number of hydrogen-bond acceptors (Lipinski definition) is 2. The van der Waals surface area contributed by atoms with Gasteiger partial charge in [-0.1, -0.05) is 0 Å². The maximum Gasteiger partial charge on any atom is 0.239 e. The molecule has 0 rings (SSSR count). The number of likely N-dealkylation sites (N-methyl/N-ethyl adjacent to an activating group) is 2. The Morgan fingerprint density at radius 1 is 1.30 bits per heavy atom. The minimum absolute atomic E-state index is 0. The number of hydrogen-bond donors (Lipinski definition) is 2. The average Bonchev–Trinajstić information content (AvgIpc) is 1.86. The molecule has 0 aliphatic carbocycles. The normalized spacial score (nSPS) is 10.0. The molecule has 0 aromatic heterocycles. The Bertz CT molecular complexity index is 114. The molecule has 0 saturated heterocycles. The van der Waals surface area contributed by atoms with Crippen LogP contribution in [0.4, 0.5) is 0 Å². The van der Waals surface area contributed by atoms with Gasteiger partial charge in [0.1, 0.15) is 0 Å². The number of nitrogens with one attached hydrogen (secondary N) is 2. The van der Waals surface area contributed by atoms with Gasteiger partial charge in [0.25, 0.3) is 0 Å². The molecule has 0 saturated carbocycles. The second kappa shape index (κ2) is 4.52. The summed E-state index contributed by atoms with van der Waals surface area (Å²) < 4.78 is 0. The number of carbonyl (C=O) groups is 1. The molecule has 10 heavy (non-hydrogen) atoms. The Labute approximate surface area is 68.0 Å². The van der Waals surface area contributed by atoms with Gasteiger partial charge < -0.3 is 10.6 Å². The van der Waals surface area contributed by atoms with Gasteiger partial charge in [-0.05, 0) is 20.9 Å². The Morgan fingerprint density at radius 3 is 1.80 bits per heavy atom. The molecule has 1 amide bonds. The molecule has 4 heteroatoms. The van der Waals surface area contributed by atoms with Crippen LogP contribution < -0.4 is 10.6 Å². The molecule has 0 aliphatic heterocycles. The van der Waals surface area contributed by atoms with Crippen molar-refractivity contribution < 1.29 is 4.79 Å². The van der Waals surface area contributed by atoms with Crippen molar-refractivity contribution in [3.63, 3.8) is 0 Å². The SMILES string of the molecule is CNC(=O)C(C)(C)NC.Cl. The Morgan fingerprint density at radius 2 is 1.70 bits per heavy atom. The molecular weight excluding hydrogens is 152 g/mol. The van der Waals surface area contributed by atoms with E-state index in [9.17, 15) is 4.79 Å². The quantitative estimate of drug-likeness (QED) is 0.614. The zero-order valence-electron chi connectivity index (χ0n) is 6.82. The highest BCUT2D eigenvalue weighted by atomic mass is 35.5. The number of carbonyl (C=O) groups excluding carboxylic acids is 1. The van der Waals surface area contributed by atoms with Gasteiger partial charge in [-0.3, -0.25) is 4.79 Å². The van der Waals surface area contributed by atoms with Crippen LogP contribution in [0.15, 0.2) is 0 Å². The predicted octanol–water partition coefficient (Wildman–Crippen LogP) is 0.152. The molecule has 0 fully saturated rings. The molecule has 0 aromatic carbocycles. The van der Waals surface area contributed by atoms with Crippen LogP contribution in [0.5, 0.6) is 0 Å². The van der Waals surface area contributed by atoms with E-state index in [-0.39, 0.29) is 18.3 Å². The first-order valence-corrected chi connectivity index (χ1v) is 2.95. The van der Waals surface area contributed by atoms with Gasteiger partial charge >= 0.3 is 0 Å². The lowest BCUT2D eigenvalue weighted by Gasteiger charge is -2.20. The fourth-order valence-electron chi connectivity index (χ4n) is 0.426. The first kappa shape index (κ1) is 12.4. The van der Waals surface area contributed by atoms with E-state index in [0.29, 0.717) is 0 Å². The van der Waals surface area contributed by atoms with Crippen LogP contribution >= 0.6 is 12.4 Å². The van der Waals surface area contributed by atoms with Gasteiger partial charge in [0.2, 0.25) is 5.91 Å². The summed E-state index contributed by atoms with van der Waals surface area (Å²) in [5, 5.41) is 5.43. The standard InChI is InChI=1S/C6H14N2O.ClH/c1-6(2,8-4)5(9)7-3;/h8H,1-4H3,(H,7,9);1H. The molecule has 0 heterocycles. The fourth-order valence-corrected chi connectivity index (χ4v) is 0.426. The summed E-state index contributed by atoms with van der Waals surface area (Å²) in [6, 6.07) is 0. The number of rotatable bonds is 2. The zero-order valence-corrected chi connectivity index (χ0v) is 7.63. The maximum atomic E-state index is 10.9. The summed E-state index contributed by atoms with van der Waals surface area (Å²) in [4.78, 5) is 10.9. The topological polar surface area (TPSA) is 41.1 Å². The van der Waals surface area contributed by atoms with E-state index < -0.39 is 5.54 Å². The fraction of sp³-hybridized carbons (Fsp3) is 0.833. The van der Waals surface area contributed by atoms with Crippen molar-refractivity contribution in [1.29, 1.82) is 0 Å². The van der Waals surface area contributed by atoms with Crippen LogP contribution in [0.3, 0.4) is 0 Å². The first-order valence-electron chi connectivity index (χ1n) is 2.95. The van der Waals surface area contributed by atoms with Crippen LogP contribution in [0, 0.1) is 0 Å². The van der Waals surface area contributed by atoms with Crippen LogP contribution in [0.25, 0.3) is 0 Å². The van der Waals surface area contributed by atoms with Crippen LogP contribution in [0.2, 0.25) is 0 Å². The molecule has 0 atom stereocenters. The molecule has 62 valence electrons. The van der Waals surface area contributed by atoms with Gasteiger partial charge in [-0.25, -0.2) is 0 Å². The minimum Gasteiger partial charge on any atom is -0.358 e. The van der Waals surface area contributed by atoms with Crippen LogP contribution in [0.1, 0.15) is 13.8 Å². The first-order chi connectivity index (χ1) is 4.04. The van der Waals surface area contributed by atoms with Gasteiger partial charge in [0, 0.05) is 7.05 Å². The molecule has 0 bridgehead atoms. The average molecular weight is 167 g/mol. The number of halogens is 1. The summed E-state index contributed by atoms with van der Waals surface area (Å²) in [5.74, 6) is 0.00463. The summed E-state index contributed by atoms with van der Waals surface area (Å²) in [7, 11) is 3.39. The van der Waals surface area contributed by atoms with E-state index >= 15 is 0 Å². The summed E-state index contributed by atoms with van der Waals surface area (Å²) in [6.45, 7) is 3.65. The summed E-state index contributed by atoms with van der Waals surface area (Å²) >= 11 is 0. The van der Waals surface area contributed by atoms with Crippen LogP contribution in [-0.2, 0) is 4.79 Å². The molecule has 3 nitrogen and oxygen atoms in total. The van der Waals surface area contributed by atoms with Gasteiger partial charge in [-0.15, -0.1) is 12.4 Å². The molecule has 0 aromatic rings. The second-order valence-corrected chi connectivity index (χ2v) is 2.45. The third kappa shape index (κ3) is 3.03. The monoisotopic (exact) mass is 166 g/mol. The minimum atomic E-state index is -0.450. The Balaban J connectivity index is 0.